The van der Waals surface area contributed by atoms with Crippen LogP contribution in [0, 0.1) is 5.92 Å². The lowest BCUT2D eigenvalue weighted by Crippen LogP contribution is -2.40. The largest absolute Gasteiger partial charge is 0.355 e. The molecule has 3 heterocycles. The van der Waals surface area contributed by atoms with Crippen molar-refractivity contribution in [2.24, 2.45) is 5.92 Å². The maximum atomic E-state index is 12.4. The number of nitrogens with zero attached hydrogens (tertiary/aromatic N) is 3. The lowest BCUT2D eigenvalue weighted by molar-refractivity contribution is -0.125. The van der Waals surface area contributed by atoms with E-state index in [1.54, 1.807) is 23.1 Å². The van der Waals surface area contributed by atoms with Crippen LogP contribution in [0.1, 0.15) is 17.7 Å². The third kappa shape index (κ3) is 5.58. The third-order valence-corrected chi connectivity index (χ3v) is 7.21. The normalized spacial score (nSPS) is 14.7. The van der Waals surface area contributed by atoms with Crippen molar-refractivity contribution in [1.29, 1.82) is 0 Å². The zero-order chi connectivity index (χ0) is 20.1. The van der Waals surface area contributed by atoms with E-state index in [1.165, 1.54) is 4.88 Å². The predicted octanol–water partition coefficient (Wildman–Crippen LogP) is 4.98. The molecule has 150 valence electrons. The summed E-state index contributed by atoms with van der Waals surface area (Å²) in [5, 5.41) is 14.7. The molecule has 3 aromatic rings. The van der Waals surface area contributed by atoms with Crippen LogP contribution in [-0.2, 0) is 11.3 Å². The van der Waals surface area contributed by atoms with Gasteiger partial charge in [-0.15, -0.1) is 21.5 Å². The van der Waals surface area contributed by atoms with Crippen molar-refractivity contribution in [1.82, 2.24) is 15.5 Å². The minimum absolute atomic E-state index is 0.0754. The van der Waals surface area contributed by atoms with Crippen LogP contribution in [0.4, 0.5) is 5.82 Å². The Morgan fingerprint density at radius 3 is 2.59 bits per heavy atom. The van der Waals surface area contributed by atoms with E-state index in [2.05, 4.69) is 48.5 Å². The number of thiophene rings is 1. The molecule has 0 atom stereocenters. The molecule has 4 rings (SSSR count). The highest BCUT2D eigenvalue weighted by Gasteiger charge is 2.25. The monoisotopic (exact) mass is 488 g/mol. The summed E-state index contributed by atoms with van der Waals surface area (Å²) in [5.74, 6) is 1.11. The molecule has 0 saturated carbocycles. The summed E-state index contributed by atoms with van der Waals surface area (Å²) in [6, 6.07) is 16.2. The SMILES string of the molecule is O=C(NCc1cccs1)C1CCN(c2ccc(Sc3ccc(Br)cc3)nn2)CC1. The van der Waals surface area contributed by atoms with E-state index in [0.29, 0.717) is 6.54 Å². The van der Waals surface area contributed by atoms with Gasteiger partial charge < -0.3 is 10.2 Å². The van der Waals surface area contributed by atoms with Gasteiger partial charge in [-0.2, -0.15) is 0 Å². The van der Waals surface area contributed by atoms with Gasteiger partial charge in [0.2, 0.25) is 5.91 Å². The molecule has 5 nitrogen and oxygen atoms in total. The molecule has 0 radical (unpaired) electrons. The Balaban J connectivity index is 1.27. The molecule has 1 amide bonds. The summed E-state index contributed by atoms with van der Waals surface area (Å²) >= 11 is 6.71. The van der Waals surface area contributed by atoms with Gasteiger partial charge in [0.15, 0.2) is 5.82 Å². The summed E-state index contributed by atoms with van der Waals surface area (Å²) in [6.07, 6.45) is 1.68. The van der Waals surface area contributed by atoms with Gasteiger partial charge in [0, 0.05) is 33.3 Å². The van der Waals surface area contributed by atoms with Crippen molar-refractivity contribution in [2.75, 3.05) is 18.0 Å². The molecule has 1 aliphatic rings. The maximum Gasteiger partial charge on any atom is 0.223 e. The van der Waals surface area contributed by atoms with E-state index in [0.717, 1.165) is 46.1 Å². The number of halogens is 1. The molecule has 1 aliphatic heterocycles. The fourth-order valence-corrected chi connectivity index (χ4v) is 4.90. The molecule has 1 saturated heterocycles. The van der Waals surface area contributed by atoms with Crippen molar-refractivity contribution >= 4 is 50.8 Å². The highest BCUT2D eigenvalue weighted by molar-refractivity contribution is 9.10. The first-order valence-corrected chi connectivity index (χ1v) is 12.0. The Kier molecular flexibility index (Phi) is 6.84. The molecule has 8 heteroatoms. The van der Waals surface area contributed by atoms with Crippen LogP contribution in [0.3, 0.4) is 0 Å². The zero-order valence-corrected chi connectivity index (χ0v) is 19.0. The number of benzene rings is 1. The standard InChI is InChI=1S/C21H21BrN4OS2/c22-16-3-5-17(6-4-16)29-20-8-7-19(24-25-20)26-11-9-15(10-12-26)21(27)23-14-18-2-1-13-28-18/h1-8,13,15H,9-12,14H2,(H,23,27). The van der Waals surface area contributed by atoms with Gasteiger partial charge in [-0.25, -0.2) is 0 Å². The number of rotatable bonds is 6. The van der Waals surface area contributed by atoms with Crippen LogP contribution in [0.2, 0.25) is 0 Å². The average Bonchev–Trinajstić information content (AvgIpc) is 3.28. The number of piperidine rings is 1. The molecule has 0 unspecified atom stereocenters. The number of hydrogen-bond donors (Lipinski definition) is 1. The smallest absolute Gasteiger partial charge is 0.223 e. The molecule has 1 N–H and O–H groups in total. The van der Waals surface area contributed by atoms with Gasteiger partial charge in [-0.3, -0.25) is 4.79 Å². The molecule has 0 spiro atoms. The summed E-state index contributed by atoms with van der Waals surface area (Å²) in [6.45, 7) is 2.27. The Morgan fingerprint density at radius 1 is 1.14 bits per heavy atom. The van der Waals surface area contributed by atoms with Crippen LogP contribution >= 0.6 is 39.0 Å². The zero-order valence-electron chi connectivity index (χ0n) is 15.8. The van der Waals surface area contributed by atoms with E-state index in [9.17, 15) is 4.79 Å². The summed E-state index contributed by atoms with van der Waals surface area (Å²) in [7, 11) is 0. The van der Waals surface area contributed by atoms with Crippen molar-refractivity contribution in [3.63, 3.8) is 0 Å². The second-order valence-corrected chi connectivity index (χ2v) is 9.89. The minimum atomic E-state index is 0.0754. The highest BCUT2D eigenvalue weighted by Crippen LogP contribution is 2.28. The first-order valence-electron chi connectivity index (χ1n) is 9.49. The predicted molar refractivity (Wildman–Crippen MR) is 121 cm³/mol. The minimum Gasteiger partial charge on any atom is -0.355 e. The van der Waals surface area contributed by atoms with E-state index < -0.39 is 0 Å². The van der Waals surface area contributed by atoms with Crippen LogP contribution in [0.5, 0.6) is 0 Å². The number of carbonyl (C=O) groups excluding carboxylic acids is 1. The van der Waals surface area contributed by atoms with Crippen molar-refractivity contribution in [2.45, 2.75) is 29.3 Å². The molecule has 2 aromatic heterocycles. The summed E-state index contributed by atoms with van der Waals surface area (Å²) in [5.41, 5.74) is 0. The van der Waals surface area contributed by atoms with E-state index in [1.807, 2.05) is 41.8 Å². The van der Waals surface area contributed by atoms with Crippen LogP contribution < -0.4 is 10.2 Å². The van der Waals surface area contributed by atoms with E-state index in [-0.39, 0.29) is 11.8 Å². The van der Waals surface area contributed by atoms with Gasteiger partial charge in [0.1, 0.15) is 5.03 Å². The Labute approximate surface area is 187 Å². The van der Waals surface area contributed by atoms with Crippen molar-refractivity contribution in [3.05, 3.63) is 63.3 Å². The lowest BCUT2D eigenvalue weighted by Gasteiger charge is -2.31. The Morgan fingerprint density at radius 2 is 1.93 bits per heavy atom. The molecular weight excluding hydrogens is 468 g/mol. The Bertz CT molecular complexity index is 924. The topological polar surface area (TPSA) is 58.1 Å². The second kappa shape index (κ2) is 9.73. The van der Waals surface area contributed by atoms with Gasteiger partial charge in [-0.1, -0.05) is 33.8 Å². The molecule has 0 aliphatic carbocycles. The lowest BCUT2D eigenvalue weighted by atomic mass is 9.96. The van der Waals surface area contributed by atoms with Gasteiger partial charge in [0.05, 0.1) is 6.54 Å². The fraction of sp³-hybridized carbons (Fsp3) is 0.286. The fourth-order valence-electron chi connectivity index (χ4n) is 3.26. The molecule has 1 fully saturated rings. The number of amides is 1. The van der Waals surface area contributed by atoms with Crippen LogP contribution in [0.15, 0.2) is 68.3 Å². The number of hydrogen-bond acceptors (Lipinski definition) is 6. The number of nitrogens with one attached hydrogen (secondary N) is 1. The van der Waals surface area contributed by atoms with Crippen molar-refractivity contribution in [3.8, 4) is 0 Å². The average molecular weight is 489 g/mol. The molecule has 29 heavy (non-hydrogen) atoms. The first kappa shape index (κ1) is 20.4. The number of anilines is 1. The number of carbonyl (C=O) groups is 1. The molecule has 0 bridgehead atoms. The second-order valence-electron chi connectivity index (χ2n) is 6.84. The maximum absolute atomic E-state index is 12.4. The van der Waals surface area contributed by atoms with Crippen molar-refractivity contribution < 1.29 is 4.79 Å². The van der Waals surface area contributed by atoms with E-state index in [4.69, 9.17) is 0 Å². The summed E-state index contributed by atoms with van der Waals surface area (Å²) < 4.78 is 1.06. The summed E-state index contributed by atoms with van der Waals surface area (Å²) in [4.78, 5) is 16.9. The number of aromatic nitrogens is 2. The van der Waals surface area contributed by atoms with Crippen LogP contribution in [0.25, 0.3) is 0 Å². The van der Waals surface area contributed by atoms with Crippen LogP contribution in [-0.4, -0.2) is 29.2 Å². The third-order valence-electron chi connectivity index (χ3n) is 4.87. The van der Waals surface area contributed by atoms with E-state index >= 15 is 0 Å². The highest BCUT2D eigenvalue weighted by atomic mass is 79.9. The first-order chi connectivity index (χ1) is 14.2. The van der Waals surface area contributed by atoms with Gasteiger partial charge in [0.25, 0.3) is 0 Å². The van der Waals surface area contributed by atoms with Gasteiger partial charge >= 0.3 is 0 Å². The quantitative estimate of drug-likeness (QED) is 0.529. The molecular formula is C21H21BrN4OS2. The Hall–Kier alpha value is -1.90. The van der Waals surface area contributed by atoms with Gasteiger partial charge in [-0.05, 0) is 60.7 Å². The molecule has 1 aromatic carbocycles.